The van der Waals surface area contributed by atoms with Gasteiger partial charge in [0.2, 0.25) is 0 Å². The minimum Gasteiger partial charge on any atom is -0.488 e. The summed E-state index contributed by atoms with van der Waals surface area (Å²) >= 11 is 0. The van der Waals surface area contributed by atoms with Gasteiger partial charge in [0.25, 0.3) is 0 Å². The van der Waals surface area contributed by atoms with Gasteiger partial charge < -0.3 is 9.15 Å². The standard InChI is InChI=1S/C22H16O2/c1-2-6-14-23-21-16(7-3-1)11-10-15-12-13-18-17-8-4-5-9-19(17)24-22(18)20(15)21/h1-6,8-13H,7,14H2/b3-1-,6-2-. The van der Waals surface area contributed by atoms with Gasteiger partial charge in [-0.1, -0.05) is 54.6 Å². The molecule has 1 aliphatic heterocycles. The van der Waals surface area contributed by atoms with Gasteiger partial charge >= 0.3 is 0 Å². The van der Waals surface area contributed by atoms with Crippen molar-refractivity contribution in [3.63, 3.8) is 0 Å². The fraction of sp³-hybridized carbons (Fsp3) is 0.0909. The molecule has 0 radical (unpaired) electrons. The van der Waals surface area contributed by atoms with Crippen molar-refractivity contribution in [3.8, 4) is 5.75 Å². The van der Waals surface area contributed by atoms with E-state index in [2.05, 4.69) is 42.5 Å². The number of para-hydroxylation sites is 1. The molecule has 1 aliphatic rings. The van der Waals surface area contributed by atoms with Crippen LogP contribution in [0.15, 0.2) is 77.3 Å². The van der Waals surface area contributed by atoms with Gasteiger partial charge in [0, 0.05) is 10.8 Å². The van der Waals surface area contributed by atoms with Crippen LogP contribution in [0, 0.1) is 0 Å². The lowest BCUT2D eigenvalue weighted by atomic mass is 10.0. The Bertz CT molecular complexity index is 1130. The fourth-order valence-corrected chi connectivity index (χ4v) is 3.47. The maximum absolute atomic E-state index is 6.22. The minimum atomic E-state index is 0.563. The molecule has 0 fully saturated rings. The van der Waals surface area contributed by atoms with Crippen LogP contribution in [-0.2, 0) is 6.42 Å². The number of hydrogen-bond donors (Lipinski definition) is 0. The van der Waals surface area contributed by atoms with Gasteiger partial charge in [-0.05, 0) is 35.6 Å². The number of allylic oxidation sites excluding steroid dienone is 3. The fourth-order valence-electron chi connectivity index (χ4n) is 3.47. The molecule has 24 heavy (non-hydrogen) atoms. The lowest BCUT2D eigenvalue weighted by Crippen LogP contribution is -1.98. The molecule has 0 bridgehead atoms. The number of fused-ring (bicyclic) bond motifs is 7. The average molecular weight is 312 g/mol. The van der Waals surface area contributed by atoms with Gasteiger partial charge in [-0.3, -0.25) is 0 Å². The zero-order valence-corrected chi connectivity index (χ0v) is 13.2. The predicted molar refractivity (Wildman–Crippen MR) is 98.7 cm³/mol. The highest BCUT2D eigenvalue weighted by atomic mass is 16.5. The smallest absolute Gasteiger partial charge is 0.146 e. The van der Waals surface area contributed by atoms with Crippen molar-refractivity contribution in [1.82, 2.24) is 0 Å². The Hall–Kier alpha value is -3.00. The summed E-state index contributed by atoms with van der Waals surface area (Å²) in [4.78, 5) is 0. The summed E-state index contributed by atoms with van der Waals surface area (Å²) in [6, 6.07) is 16.8. The van der Waals surface area contributed by atoms with Gasteiger partial charge in [0.15, 0.2) is 0 Å². The van der Waals surface area contributed by atoms with E-state index in [-0.39, 0.29) is 0 Å². The zero-order chi connectivity index (χ0) is 15.9. The largest absolute Gasteiger partial charge is 0.488 e. The summed E-state index contributed by atoms with van der Waals surface area (Å²) in [5, 5.41) is 4.51. The molecule has 116 valence electrons. The molecule has 0 amide bonds. The quantitative estimate of drug-likeness (QED) is 0.410. The summed E-state index contributed by atoms with van der Waals surface area (Å²) in [5.74, 6) is 0.938. The molecule has 2 heteroatoms. The first kappa shape index (κ1) is 13.4. The number of furan rings is 1. The second-order valence-corrected chi connectivity index (χ2v) is 6.06. The van der Waals surface area contributed by atoms with Crippen molar-refractivity contribution in [2.75, 3.05) is 6.61 Å². The van der Waals surface area contributed by atoms with Crippen LogP contribution in [0.4, 0.5) is 0 Å². The van der Waals surface area contributed by atoms with Crippen LogP contribution in [0.5, 0.6) is 5.75 Å². The van der Waals surface area contributed by atoms with E-state index in [0.29, 0.717) is 6.61 Å². The van der Waals surface area contributed by atoms with Gasteiger partial charge in [-0.2, -0.15) is 0 Å². The maximum Gasteiger partial charge on any atom is 0.146 e. The molecule has 2 nitrogen and oxygen atoms in total. The van der Waals surface area contributed by atoms with E-state index in [1.54, 1.807) is 0 Å². The summed E-state index contributed by atoms with van der Waals surface area (Å²) in [7, 11) is 0. The highest BCUT2D eigenvalue weighted by Gasteiger charge is 2.16. The molecule has 1 aromatic heterocycles. The molecule has 0 N–H and O–H groups in total. The number of hydrogen-bond acceptors (Lipinski definition) is 2. The molecule has 0 unspecified atom stereocenters. The molecule has 5 rings (SSSR count). The SMILES string of the molecule is C1=C\COc2c(ccc3ccc4c5ccccc5oc4c23)C\C=C/1. The molecule has 0 aliphatic carbocycles. The Kier molecular flexibility index (Phi) is 2.95. The maximum atomic E-state index is 6.22. The third kappa shape index (κ3) is 1.96. The van der Waals surface area contributed by atoms with Crippen molar-refractivity contribution in [2.45, 2.75) is 6.42 Å². The first-order chi connectivity index (χ1) is 11.9. The molecule has 4 aromatic rings. The lowest BCUT2D eigenvalue weighted by Gasteiger charge is -2.12. The first-order valence-electron chi connectivity index (χ1n) is 8.22. The van der Waals surface area contributed by atoms with E-state index in [1.165, 1.54) is 5.56 Å². The minimum absolute atomic E-state index is 0.563. The second kappa shape index (κ2) is 5.27. The van der Waals surface area contributed by atoms with Gasteiger partial charge in [0.1, 0.15) is 23.5 Å². The van der Waals surface area contributed by atoms with Crippen molar-refractivity contribution < 1.29 is 9.15 Å². The summed E-state index contributed by atoms with van der Waals surface area (Å²) < 4.78 is 12.4. The first-order valence-corrected chi connectivity index (χ1v) is 8.22. The van der Waals surface area contributed by atoms with Crippen molar-refractivity contribution >= 4 is 32.7 Å². The van der Waals surface area contributed by atoms with Crippen LogP contribution in [0.25, 0.3) is 32.7 Å². The second-order valence-electron chi connectivity index (χ2n) is 6.06. The summed E-state index contributed by atoms with van der Waals surface area (Å²) in [6.45, 7) is 0.563. The monoisotopic (exact) mass is 312 g/mol. The van der Waals surface area contributed by atoms with E-state index in [9.17, 15) is 0 Å². The Morgan fingerprint density at radius 2 is 1.67 bits per heavy atom. The summed E-state index contributed by atoms with van der Waals surface area (Å²) in [6.07, 6.45) is 9.15. The zero-order valence-electron chi connectivity index (χ0n) is 13.2. The van der Waals surface area contributed by atoms with Crippen LogP contribution in [-0.4, -0.2) is 6.61 Å². The van der Waals surface area contributed by atoms with E-state index < -0.39 is 0 Å². The van der Waals surface area contributed by atoms with Gasteiger partial charge in [0.05, 0.1) is 5.39 Å². The molecule has 0 spiro atoms. The Labute approximate surface area is 139 Å². The van der Waals surface area contributed by atoms with E-state index in [0.717, 1.165) is 44.9 Å². The number of rotatable bonds is 0. The van der Waals surface area contributed by atoms with E-state index >= 15 is 0 Å². The van der Waals surface area contributed by atoms with Crippen LogP contribution in [0.1, 0.15) is 5.56 Å². The highest BCUT2D eigenvalue weighted by molar-refractivity contribution is 6.17. The Balaban J connectivity index is 1.91. The van der Waals surface area contributed by atoms with Gasteiger partial charge in [-0.25, -0.2) is 0 Å². The Morgan fingerprint density at radius 1 is 0.792 bits per heavy atom. The molecule has 0 saturated heterocycles. The van der Waals surface area contributed by atoms with E-state index in [1.807, 2.05) is 30.4 Å². The predicted octanol–water partition coefficient (Wildman–Crippen LogP) is 5.79. The molecule has 0 saturated carbocycles. The third-order valence-electron chi connectivity index (χ3n) is 4.61. The normalized spacial score (nSPS) is 17.0. The molecular formula is C22H16O2. The van der Waals surface area contributed by atoms with Crippen molar-refractivity contribution in [2.24, 2.45) is 0 Å². The third-order valence-corrected chi connectivity index (χ3v) is 4.61. The van der Waals surface area contributed by atoms with Crippen LogP contribution < -0.4 is 4.74 Å². The number of benzene rings is 3. The molecule has 0 atom stereocenters. The summed E-state index contributed by atoms with van der Waals surface area (Å²) in [5.41, 5.74) is 3.02. The van der Waals surface area contributed by atoms with Crippen molar-refractivity contribution in [1.29, 1.82) is 0 Å². The number of ether oxygens (including phenoxy) is 1. The lowest BCUT2D eigenvalue weighted by molar-refractivity contribution is 0.364. The average Bonchev–Trinajstić information content (AvgIpc) is 3.04. The Morgan fingerprint density at radius 3 is 2.67 bits per heavy atom. The van der Waals surface area contributed by atoms with Crippen molar-refractivity contribution in [3.05, 3.63) is 78.4 Å². The highest BCUT2D eigenvalue weighted by Crippen LogP contribution is 2.40. The molecule has 2 heterocycles. The van der Waals surface area contributed by atoms with Crippen LogP contribution in [0.2, 0.25) is 0 Å². The van der Waals surface area contributed by atoms with Crippen LogP contribution in [0.3, 0.4) is 0 Å². The van der Waals surface area contributed by atoms with Gasteiger partial charge in [-0.15, -0.1) is 0 Å². The molecule has 3 aromatic carbocycles. The van der Waals surface area contributed by atoms with Crippen LogP contribution >= 0.6 is 0 Å². The van der Waals surface area contributed by atoms with E-state index in [4.69, 9.17) is 9.15 Å². The topological polar surface area (TPSA) is 22.4 Å². The molecular weight excluding hydrogens is 296 g/mol.